The van der Waals surface area contributed by atoms with Crippen molar-refractivity contribution >= 4 is 33.2 Å². The highest BCUT2D eigenvalue weighted by Crippen LogP contribution is 2.30. The maximum atomic E-state index is 10.8. The summed E-state index contributed by atoms with van der Waals surface area (Å²) in [5.74, 6) is 0. The van der Waals surface area contributed by atoms with Crippen LogP contribution >= 0.6 is 27.5 Å². The first kappa shape index (κ1) is 14.0. The molecule has 1 unspecified atom stereocenters. The third-order valence-electron chi connectivity index (χ3n) is 2.72. The molecule has 2 aromatic rings. The number of non-ortho nitro benzene ring substituents is 1. The molecule has 0 saturated heterocycles. The van der Waals surface area contributed by atoms with Crippen LogP contribution in [0.5, 0.6) is 0 Å². The van der Waals surface area contributed by atoms with E-state index in [2.05, 4.69) is 15.9 Å². The molecule has 4 nitrogen and oxygen atoms in total. The van der Waals surface area contributed by atoms with Crippen LogP contribution in [0.2, 0.25) is 5.02 Å². The molecule has 0 aliphatic heterocycles. The van der Waals surface area contributed by atoms with E-state index in [1.807, 2.05) is 24.3 Å². The molecular formula is C13H10BrClN2O2. The van der Waals surface area contributed by atoms with Crippen LogP contribution in [0.25, 0.3) is 0 Å². The Morgan fingerprint density at radius 3 is 2.58 bits per heavy atom. The van der Waals surface area contributed by atoms with E-state index >= 15 is 0 Å². The largest absolute Gasteiger partial charge is 0.320 e. The number of hydrogen-bond donors (Lipinski definition) is 1. The van der Waals surface area contributed by atoms with Crippen molar-refractivity contribution < 1.29 is 4.92 Å². The molecular weight excluding hydrogens is 332 g/mol. The molecule has 19 heavy (non-hydrogen) atoms. The predicted octanol–water partition coefficient (Wildman–Crippen LogP) is 4.06. The van der Waals surface area contributed by atoms with E-state index in [0.29, 0.717) is 10.6 Å². The average Bonchev–Trinajstić information content (AvgIpc) is 2.37. The van der Waals surface area contributed by atoms with Crippen molar-refractivity contribution in [1.29, 1.82) is 0 Å². The van der Waals surface area contributed by atoms with Crippen molar-refractivity contribution in [2.24, 2.45) is 5.73 Å². The van der Waals surface area contributed by atoms with Gasteiger partial charge in [-0.05, 0) is 23.3 Å². The van der Waals surface area contributed by atoms with E-state index in [1.165, 1.54) is 12.1 Å². The molecule has 0 heterocycles. The number of benzene rings is 2. The Morgan fingerprint density at radius 2 is 1.95 bits per heavy atom. The van der Waals surface area contributed by atoms with E-state index < -0.39 is 11.0 Å². The Morgan fingerprint density at radius 1 is 1.26 bits per heavy atom. The molecule has 2 rings (SSSR count). The minimum absolute atomic E-state index is 0.0648. The minimum atomic E-state index is -0.484. The predicted molar refractivity (Wildman–Crippen MR) is 78.3 cm³/mol. The molecule has 0 radical (unpaired) electrons. The third kappa shape index (κ3) is 3.12. The zero-order valence-corrected chi connectivity index (χ0v) is 12.1. The highest BCUT2D eigenvalue weighted by molar-refractivity contribution is 9.10. The highest BCUT2D eigenvalue weighted by Gasteiger charge is 2.16. The maximum Gasteiger partial charge on any atom is 0.271 e. The van der Waals surface area contributed by atoms with Gasteiger partial charge in [0.1, 0.15) is 0 Å². The molecule has 0 amide bonds. The lowest BCUT2D eigenvalue weighted by atomic mass is 9.99. The lowest BCUT2D eigenvalue weighted by molar-refractivity contribution is -0.384. The fourth-order valence-corrected chi connectivity index (χ4v) is 2.56. The summed E-state index contributed by atoms with van der Waals surface area (Å²) >= 11 is 9.31. The first-order chi connectivity index (χ1) is 8.99. The Bertz CT molecular complexity index is 634. The van der Waals surface area contributed by atoms with Crippen molar-refractivity contribution in [3.8, 4) is 0 Å². The molecule has 0 aliphatic carbocycles. The van der Waals surface area contributed by atoms with Crippen molar-refractivity contribution in [2.75, 3.05) is 0 Å². The molecule has 0 bridgehead atoms. The van der Waals surface area contributed by atoms with Gasteiger partial charge in [-0.1, -0.05) is 45.7 Å². The second-order valence-corrected chi connectivity index (χ2v) is 5.29. The lowest BCUT2D eigenvalue weighted by Crippen LogP contribution is -2.12. The van der Waals surface area contributed by atoms with E-state index in [-0.39, 0.29) is 5.69 Å². The summed E-state index contributed by atoms with van der Waals surface area (Å²) in [6.45, 7) is 0. The number of hydrogen-bond acceptors (Lipinski definition) is 3. The summed E-state index contributed by atoms with van der Waals surface area (Å²) in [5.41, 5.74) is 7.53. The molecule has 0 aromatic heterocycles. The van der Waals surface area contributed by atoms with E-state index in [0.717, 1.165) is 10.0 Å². The number of nitro groups is 1. The summed E-state index contributed by atoms with van der Waals surface area (Å²) in [4.78, 5) is 10.3. The summed E-state index contributed by atoms with van der Waals surface area (Å²) in [6, 6.07) is 11.4. The van der Waals surface area contributed by atoms with Crippen LogP contribution in [-0.4, -0.2) is 4.92 Å². The van der Waals surface area contributed by atoms with Gasteiger partial charge in [-0.15, -0.1) is 0 Å². The number of nitrogens with two attached hydrogens (primary N) is 1. The number of rotatable bonds is 3. The Hall–Kier alpha value is -1.43. The summed E-state index contributed by atoms with van der Waals surface area (Å²) in [5, 5.41) is 11.1. The molecule has 2 N–H and O–H groups in total. The smallest absolute Gasteiger partial charge is 0.271 e. The quantitative estimate of drug-likeness (QED) is 0.676. The van der Waals surface area contributed by atoms with Crippen LogP contribution in [0.1, 0.15) is 17.2 Å². The van der Waals surface area contributed by atoms with E-state index in [1.54, 1.807) is 6.07 Å². The first-order valence-corrected chi connectivity index (χ1v) is 6.61. The Kier molecular flexibility index (Phi) is 4.19. The van der Waals surface area contributed by atoms with Crippen LogP contribution in [0, 0.1) is 10.1 Å². The van der Waals surface area contributed by atoms with Gasteiger partial charge in [-0.25, -0.2) is 0 Å². The van der Waals surface area contributed by atoms with Gasteiger partial charge >= 0.3 is 0 Å². The second-order valence-electron chi connectivity index (χ2n) is 4.00. The average molecular weight is 342 g/mol. The van der Waals surface area contributed by atoms with Crippen LogP contribution in [0.4, 0.5) is 5.69 Å². The van der Waals surface area contributed by atoms with Crippen LogP contribution in [0.3, 0.4) is 0 Å². The molecule has 0 aliphatic rings. The zero-order chi connectivity index (χ0) is 14.0. The third-order valence-corrected chi connectivity index (χ3v) is 3.66. The van der Waals surface area contributed by atoms with Crippen LogP contribution in [-0.2, 0) is 0 Å². The molecule has 2 aromatic carbocycles. The van der Waals surface area contributed by atoms with Gasteiger partial charge in [-0.3, -0.25) is 10.1 Å². The van der Waals surface area contributed by atoms with Gasteiger partial charge in [0, 0.05) is 21.6 Å². The molecule has 1 atom stereocenters. The zero-order valence-electron chi connectivity index (χ0n) is 9.72. The molecule has 0 fully saturated rings. The van der Waals surface area contributed by atoms with E-state index in [4.69, 9.17) is 17.3 Å². The topological polar surface area (TPSA) is 69.2 Å². The Labute approximate surface area is 123 Å². The minimum Gasteiger partial charge on any atom is -0.320 e. The summed E-state index contributed by atoms with van der Waals surface area (Å²) in [7, 11) is 0. The normalized spacial score (nSPS) is 12.2. The van der Waals surface area contributed by atoms with Gasteiger partial charge in [0.15, 0.2) is 0 Å². The lowest BCUT2D eigenvalue weighted by Gasteiger charge is -2.14. The standard InChI is InChI=1S/C13H10BrClN2O2/c14-12-4-2-1-3-11(12)13(16)8-5-9(15)7-10(6-8)17(18)19/h1-7,13H,16H2. The fourth-order valence-electron chi connectivity index (χ4n) is 1.79. The van der Waals surface area contributed by atoms with Crippen molar-refractivity contribution in [3.05, 3.63) is 73.2 Å². The highest BCUT2D eigenvalue weighted by atomic mass is 79.9. The van der Waals surface area contributed by atoms with Crippen LogP contribution < -0.4 is 5.73 Å². The van der Waals surface area contributed by atoms with Crippen molar-refractivity contribution in [3.63, 3.8) is 0 Å². The molecule has 98 valence electrons. The number of halogens is 2. The molecule has 0 saturated carbocycles. The second kappa shape index (κ2) is 5.69. The monoisotopic (exact) mass is 340 g/mol. The fraction of sp³-hybridized carbons (Fsp3) is 0.0769. The van der Waals surface area contributed by atoms with Crippen LogP contribution in [0.15, 0.2) is 46.9 Å². The molecule has 6 heteroatoms. The summed E-state index contributed by atoms with van der Waals surface area (Å²) < 4.78 is 0.852. The Balaban J connectivity index is 2.47. The van der Waals surface area contributed by atoms with Gasteiger partial charge in [0.25, 0.3) is 5.69 Å². The van der Waals surface area contributed by atoms with Gasteiger partial charge in [0.2, 0.25) is 0 Å². The van der Waals surface area contributed by atoms with Gasteiger partial charge in [-0.2, -0.15) is 0 Å². The van der Waals surface area contributed by atoms with Crippen molar-refractivity contribution in [2.45, 2.75) is 6.04 Å². The summed E-state index contributed by atoms with van der Waals surface area (Å²) in [6.07, 6.45) is 0. The van der Waals surface area contributed by atoms with E-state index in [9.17, 15) is 10.1 Å². The molecule has 0 spiro atoms. The SMILES string of the molecule is NC(c1cc(Cl)cc([N+](=O)[O-])c1)c1ccccc1Br. The van der Waals surface area contributed by atoms with Crippen molar-refractivity contribution in [1.82, 2.24) is 0 Å². The van der Waals surface area contributed by atoms with Gasteiger partial charge in [0.05, 0.1) is 11.0 Å². The number of nitrogens with zero attached hydrogens (tertiary/aromatic N) is 1. The maximum absolute atomic E-state index is 10.8. The van der Waals surface area contributed by atoms with Gasteiger partial charge < -0.3 is 5.73 Å². The first-order valence-electron chi connectivity index (χ1n) is 5.44. The number of nitro benzene ring substituents is 1.